The Morgan fingerprint density at radius 2 is 1.88 bits per heavy atom. The first-order valence-corrected chi connectivity index (χ1v) is 6.44. The van der Waals surface area contributed by atoms with Gasteiger partial charge in [0.2, 0.25) is 0 Å². The molecule has 0 aliphatic heterocycles. The van der Waals surface area contributed by atoms with Crippen molar-refractivity contribution in [3.05, 3.63) is 50.7 Å². The van der Waals surface area contributed by atoms with E-state index < -0.39 is 0 Å². The van der Waals surface area contributed by atoms with Crippen LogP contribution < -0.4 is 5.32 Å². The second kappa shape index (κ2) is 5.25. The molecule has 1 N–H and O–H groups in total. The Labute approximate surface area is 118 Å². The first kappa shape index (κ1) is 12.7. The lowest BCUT2D eigenvalue weighted by molar-refractivity contribution is 1.30. The largest absolute Gasteiger partial charge is 0.353 e. The van der Waals surface area contributed by atoms with Gasteiger partial charge in [0.05, 0.1) is 22.6 Å². The second-order valence-electron chi connectivity index (χ2n) is 3.60. The number of hydrogen-bond donors (Lipinski definition) is 1. The van der Waals surface area contributed by atoms with Crippen LogP contribution in [-0.2, 0) is 0 Å². The van der Waals surface area contributed by atoms with Crippen molar-refractivity contribution in [3.63, 3.8) is 0 Å². The van der Waals surface area contributed by atoms with Crippen molar-refractivity contribution < 1.29 is 0 Å². The molecule has 2 aromatic rings. The predicted octanol–water partition coefficient (Wildman–Crippen LogP) is 5.20. The van der Waals surface area contributed by atoms with Crippen LogP contribution in [0.3, 0.4) is 0 Å². The van der Waals surface area contributed by atoms with E-state index in [9.17, 15) is 0 Å². The van der Waals surface area contributed by atoms with Crippen LogP contribution in [0.15, 0.2) is 35.1 Å². The zero-order valence-corrected chi connectivity index (χ0v) is 12.1. The number of nitrogens with zero attached hydrogens (tertiary/aromatic N) is 1. The van der Waals surface area contributed by atoms with Gasteiger partial charge >= 0.3 is 0 Å². The van der Waals surface area contributed by atoms with Crippen molar-refractivity contribution in [1.82, 2.24) is 4.98 Å². The fourth-order valence-corrected chi connectivity index (χ4v) is 2.17. The summed E-state index contributed by atoms with van der Waals surface area (Å²) in [5.74, 6) is 0. The molecule has 17 heavy (non-hydrogen) atoms. The average Bonchev–Trinajstić information content (AvgIpc) is 2.26. The monoisotopic (exact) mass is 330 g/mol. The van der Waals surface area contributed by atoms with Crippen molar-refractivity contribution in [2.45, 2.75) is 6.92 Å². The van der Waals surface area contributed by atoms with Gasteiger partial charge in [-0.25, -0.2) is 0 Å². The van der Waals surface area contributed by atoms with Crippen LogP contribution in [0.5, 0.6) is 0 Å². The molecule has 1 heterocycles. The Morgan fingerprint density at radius 1 is 1.12 bits per heavy atom. The third-order valence-corrected chi connectivity index (χ3v) is 3.39. The lowest BCUT2D eigenvalue weighted by atomic mass is 10.2. The van der Waals surface area contributed by atoms with Gasteiger partial charge in [0, 0.05) is 15.7 Å². The van der Waals surface area contributed by atoms with E-state index in [2.05, 4.69) is 26.2 Å². The molecular weight excluding hydrogens is 323 g/mol. The van der Waals surface area contributed by atoms with Crippen molar-refractivity contribution in [2.24, 2.45) is 0 Å². The minimum Gasteiger partial charge on any atom is -0.353 e. The van der Waals surface area contributed by atoms with E-state index in [0.717, 1.165) is 21.4 Å². The Balaban J connectivity index is 2.33. The molecule has 5 heteroatoms. The molecule has 0 radical (unpaired) electrons. The van der Waals surface area contributed by atoms with Crippen LogP contribution in [0, 0.1) is 6.92 Å². The number of rotatable bonds is 2. The molecule has 0 aliphatic rings. The Kier molecular flexibility index (Phi) is 3.92. The van der Waals surface area contributed by atoms with Crippen molar-refractivity contribution in [1.29, 1.82) is 0 Å². The van der Waals surface area contributed by atoms with Crippen LogP contribution in [0.1, 0.15) is 5.56 Å². The Bertz CT molecular complexity index is 558. The molecule has 2 nitrogen and oxygen atoms in total. The molecule has 2 rings (SSSR count). The maximum atomic E-state index is 6.14. The van der Waals surface area contributed by atoms with Gasteiger partial charge in [0.25, 0.3) is 0 Å². The molecule has 0 fully saturated rings. The number of halogens is 3. The van der Waals surface area contributed by atoms with Gasteiger partial charge in [-0.05, 0) is 46.6 Å². The zero-order valence-electron chi connectivity index (χ0n) is 8.97. The number of benzene rings is 1. The van der Waals surface area contributed by atoms with Crippen molar-refractivity contribution >= 4 is 50.5 Å². The summed E-state index contributed by atoms with van der Waals surface area (Å²) < 4.78 is 0.900. The van der Waals surface area contributed by atoms with E-state index in [1.165, 1.54) is 0 Å². The molecule has 1 aromatic carbocycles. The lowest BCUT2D eigenvalue weighted by Crippen LogP contribution is -1.93. The molecule has 0 saturated carbocycles. The van der Waals surface area contributed by atoms with Crippen LogP contribution in [-0.4, -0.2) is 4.98 Å². The third-order valence-electron chi connectivity index (χ3n) is 2.23. The summed E-state index contributed by atoms with van der Waals surface area (Å²) in [5, 5.41) is 4.48. The normalized spacial score (nSPS) is 10.4. The summed E-state index contributed by atoms with van der Waals surface area (Å²) >= 11 is 15.6. The van der Waals surface area contributed by atoms with Crippen LogP contribution in [0.25, 0.3) is 0 Å². The minimum atomic E-state index is 0.631. The molecule has 0 unspecified atom stereocenters. The second-order valence-corrected chi connectivity index (χ2v) is 5.33. The molecule has 0 aliphatic carbocycles. The molecule has 88 valence electrons. The van der Waals surface area contributed by atoms with Gasteiger partial charge < -0.3 is 5.32 Å². The van der Waals surface area contributed by atoms with Gasteiger partial charge in [0.15, 0.2) is 0 Å². The zero-order chi connectivity index (χ0) is 12.4. The molecule has 0 bridgehead atoms. The van der Waals surface area contributed by atoms with Crippen LogP contribution in [0.4, 0.5) is 11.4 Å². The highest BCUT2D eigenvalue weighted by molar-refractivity contribution is 9.10. The molecular formula is C12H9BrCl2N2. The first-order chi connectivity index (χ1) is 8.06. The fourth-order valence-electron chi connectivity index (χ4n) is 1.38. The van der Waals surface area contributed by atoms with Crippen molar-refractivity contribution in [2.75, 3.05) is 5.32 Å². The molecule has 0 spiro atoms. The maximum absolute atomic E-state index is 6.14. The number of hydrogen-bond acceptors (Lipinski definition) is 2. The highest BCUT2D eigenvalue weighted by Gasteiger charge is 2.05. The smallest absolute Gasteiger partial charge is 0.0644 e. The van der Waals surface area contributed by atoms with E-state index in [4.69, 9.17) is 23.2 Å². The van der Waals surface area contributed by atoms with Gasteiger partial charge in [-0.1, -0.05) is 23.2 Å². The van der Waals surface area contributed by atoms with Crippen molar-refractivity contribution in [3.8, 4) is 0 Å². The summed E-state index contributed by atoms with van der Waals surface area (Å²) in [5.41, 5.74) is 2.57. The Morgan fingerprint density at radius 3 is 2.59 bits per heavy atom. The van der Waals surface area contributed by atoms with Gasteiger partial charge in [-0.3, -0.25) is 4.98 Å². The van der Waals surface area contributed by atoms with Crippen LogP contribution in [0.2, 0.25) is 10.0 Å². The fraction of sp³-hybridized carbons (Fsp3) is 0.0833. The number of anilines is 2. The van der Waals surface area contributed by atoms with E-state index in [1.54, 1.807) is 18.5 Å². The summed E-state index contributed by atoms with van der Waals surface area (Å²) in [7, 11) is 0. The summed E-state index contributed by atoms with van der Waals surface area (Å²) in [6.45, 7) is 1.92. The SMILES string of the molecule is Cc1cc(Cl)c(Nc2cncc(Br)c2)cc1Cl. The van der Waals surface area contributed by atoms with E-state index in [0.29, 0.717) is 10.0 Å². The molecule has 0 amide bonds. The van der Waals surface area contributed by atoms with E-state index in [-0.39, 0.29) is 0 Å². The maximum Gasteiger partial charge on any atom is 0.0644 e. The summed E-state index contributed by atoms with van der Waals surface area (Å²) in [4.78, 5) is 4.06. The quantitative estimate of drug-likeness (QED) is 0.817. The Hall–Kier alpha value is -0.770. The highest BCUT2D eigenvalue weighted by atomic mass is 79.9. The summed E-state index contributed by atoms with van der Waals surface area (Å²) in [6.07, 6.45) is 3.43. The number of aromatic nitrogens is 1. The van der Waals surface area contributed by atoms with Gasteiger partial charge in [-0.15, -0.1) is 0 Å². The van der Waals surface area contributed by atoms with Gasteiger partial charge in [0.1, 0.15) is 0 Å². The predicted molar refractivity (Wildman–Crippen MR) is 76.4 cm³/mol. The standard InChI is InChI=1S/C12H9BrCl2N2/c1-7-2-11(15)12(4-10(7)14)17-9-3-8(13)5-16-6-9/h2-6,17H,1H3. The van der Waals surface area contributed by atoms with E-state index >= 15 is 0 Å². The average molecular weight is 332 g/mol. The number of aryl methyl sites for hydroxylation is 1. The highest BCUT2D eigenvalue weighted by Crippen LogP contribution is 2.31. The number of pyridine rings is 1. The first-order valence-electron chi connectivity index (χ1n) is 4.89. The minimum absolute atomic E-state index is 0.631. The lowest BCUT2D eigenvalue weighted by Gasteiger charge is -2.10. The third kappa shape index (κ3) is 3.12. The van der Waals surface area contributed by atoms with E-state index in [1.807, 2.05) is 19.1 Å². The van der Waals surface area contributed by atoms with Gasteiger partial charge in [-0.2, -0.15) is 0 Å². The summed E-state index contributed by atoms with van der Waals surface area (Å²) in [6, 6.07) is 5.55. The topological polar surface area (TPSA) is 24.9 Å². The van der Waals surface area contributed by atoms with Crippen LogP contribution >= 0.6 is 39.1 Å². The molecule has 1 aromatic heterocycles. The molecule has 0 saturated heterocycles. The molecule has 0 atom stereocenters. The number of nitrogens with one attached hydrogen (secondary N) is 1.